The molecule has 0 atom stereocenters. The fourth-order valence-corrected chi connectivity index (χ4v) is 22.2. The molecule has 24 aromatic rings. The smallest absolute Gasteiger partial charge is 0.0714 e. The van der Waals surface area contributed by atoms with Gasteiger partial charge in [0.2, 0.25) is 0 Å². The van der Waals surface area contributed by atoms with Gasteiger partial charge in [0.1, 0.15) is 0 Å². The molecule has 1 aliphatic carbocycles. The van der Waals surface area contributed by atoms with E-state index in [4.69, 9.17) is 0 Å². The first-order valence-corrected chi connectivity index (χ1v) is 46.0. The molecule has 0 saturated heterocycles. The molecule has 0 aliphatic heterocycles. The molecule has 0 fully saturated rings. The number of benzene rings is 24. The van der Waals surface area contributed by atoms with Crippen LogP contribution in [0, 0.1) is 0 Å². The SMILES string of the molecule is c1ccc(N(c2ccccc2)c2c3ccccc3c(-c3cc(-c4c5ccccc5c(N(c5ccccc5)c5ccccc5)c5ccccc45)cc(C4(c5cc(-c6c7ccccc7c(N(c7ccccc7)c7ccccc7)c7ccccc67)cc(-c6c7ccccc7c(N(c7ccccc7)c7ccccc7)c7ccccc67)c5)c5ccccc5-c5ccccc54)c3)c3ccccc23)cc1. The minimum absolute atomic E-state index is 1.07. The number of anilines is 12. The van der Waals surface area contributed by atoms with E-state index in [0.717, 1.165) is 210 Å². The zero-order valence-corrected chi connectivity index (χ0v) is 72.9. The molecule has 0 radical (unpaired) electrons. The predicted molar refractivity (Wildman–Crippen MR) is 564 cm³/mol. The zero-order valence-electron chi connectivity index (χ0n) is 72.9. The minimum Gasteiger partial charge on any atom is -0.309 e. The lowest BCUT2D eigenvalue weighted by Crippen LogP contribution is -2.29. The van der Waals surface area contributed by atoms with E-state index in [1.165, 1.54) is 22.3 Å². The summed E-state index contributed by atoms with van der Waals surface area (Å²) in [6.45, 7) is 0. The van der Waals surface area contributed by atoms with Crippen LogP contribution in [0.1, 0.15) is 22.3 Å². The van der Waals surface area contributed by atoms with E-state index < -0.39 is 5.41 Å². The van der Waals surface area contributed by atoms with E-state index in [1.54, 1.807) is 0 Å². The number of hydrogen-bond acceptors (Lipinski definition) is 4. The molecule has 0 spiro atoms. The van der Waals surface area contributed by atoms with Crippen molar-refractivity contribution in [2.75, 3.05) is 19.6 Å². The molecule has 133 heavy (non-hydrogen) atoms. The van der Waals surface area contributed by atoms with Gasteiger partial charge in [0.25, 0.3) is 0 Å². The third-order valence-electron chi connectivity index (χ3n) is 27.5. The summed E-state index contributed by atoms with van der Waals surface area (Å²) in [6.07, 6.45) is 0. The number of hydrogen-bond donors (Lipinski definition) is 0. The number of rotatable bonds is 18. The van der Waals surface area contributed by atoms with Crippen LogP contribution in [-0.4, -0.2) is 0 Å². The summed E-state index contributed by atoms with van der Waals surface area (Å²) < 4.78 is 0. The van der Waals surface area contributed by atoms with Gasteiger partial charge in [0.15, 0.2) is 0 Å². The highest BCUT2D eigenvalue weighted by molar-refractivity contribution is 6.28. The quantitative estimate of drug-likeness (QED) is 0.0794. The summed E-state index contributed by atoms with van der Waals surface area (Å²) in [6, 6.07) is 195. The lowest BCUT2D eigenvalue weighted by molar-refractivity contribution is 0.770. The van der Waals surface area contributed by atoms with Gasteiger partial charge in [0.05, 0.1) is 28.2 Å². The summed E-state index contributed by atoms with van der Waals surface area (Å²) >= 11 is 0. The van der Waals surface area contributed by atoms with Crippen molar-refractivity contribution in [3.63, 3.8) is 0 Å². The Morgan fingerprint density at radius 1 is 0.128 bits per heavy atom. The van der Waals surface area contributed by atoms with Crippen LogP contribution in [0.15, 0.2) is 522 Å². The largest absolute Gasteiger partial charge is 0.309 e. The second kappa shape index (κ2) is 32.7. The fraction of sp³-hybridized carbons (Fsp3) is 0.00775. The third-order valence-corrected chi connectivity index (χ3v) is 27.5. The monoisotopic (exact) mass is 1690 g/mol. The summed E-state index contributed by atoms with van der Waals surface area (Å²) in [7, 11) is 0. The van der Waals surface area contributed by atoms with Crippen molar-refractivity contribution in [2.45, 2.75) is 5.41 Å². The lowest BCUT2D eigenvalue weighted by Gasteiger charge is -2.36. The van der Waals surface area contributed by atoms with Gasteiger partial charge < -0.3 is 19.6 Å². The fourth-order valence-electron chi connectivity index (χ4n) is 22.2. The van der Waals surface area contributed by atoms with Crippen LogP contribution in [0.5, 0.6) is 0 Å². The standard InChI is InChI=1S/C129H86N4/c1-9-45-93(46-10-1)130(94-47-11-2-12-48-94)125-111-71-33-25-63-103(111)121(104-64-26-34-72-112(104)125)87-81-88(122-105-65-27-35-73-113(105)126(114-74-36-28-66-106(114)122)131(95-49-13-3-14-50-95)96-51-15-4-16-52-96)84-91(83-87)129(119-79-43-41-61-101(119)102-62-42-44-80-120(102)129)92-85-89(123-107-67-29-37-75-115(107)127(116-76-38-30-68-108(116)123)132(97-53-17-5-18-54-97)98-55-19-6-20-56-98)82-90(86-92)124-109-69-31-39-77-117(109)128(118-78-40-32-70-110(118)124)133(99-57-21-7-22-58-99)100-59-23-8-24-60-100/h1-86H. The van der Waals surface area contributed by atoms with Crippen molar-refractivity contribution in [1.29, 1.82) is 0 Å². The Morgan fingerprint density at radius 2 is 0.271 bits per heavy atom. The van der Waals surface area contributed by atoms with Gasteiger partial charge in [-0.2, -0.15) is 0 Å². The molecule has 0 bridgehead atoms. The van der Waals surface area contributed by atoms with Gasteiger partial charge in [-0.15, -0.1) is 0 Å². The molecule has 0 unspecified atom stereocenters. The van der Waals surface area contributed by atoms with E-state index in [0.29, 0.717) is 0 Å². The normalized spacial score (nSPS) is 12.1. The van der Waals surface area contributed by atoms with Gasteiger partial charge in [-0.3, -0.25) is 0 Å². The van der Waals surface area contributed by atoms with Crippen molar-refractivity contribution in [1.82, 2.24) is 0 Å². The molecule has 24 aromatic carbocycles. The second-order valence-electron chi connectivity index (χ2n) is 34.7. The number of nitrogens with zero attached hydrogens (tertiary/aromatic N) is 4. The topological polar surface area (TPSA) is 13.0 Å². The van der Waals surface area contributed by atoms with Crippen molar-refractivity contribution in [3.8, 4) is 55.6 Å². The molecule has 0 amide bonds. The van der Waals surface area contributed by atoms with Gasteiger partial charge in [-0.05, 0) is 254 Å². The molecule has 0 aromatic heterocycles. The molecule has 0 N–H and O–H groups in total. The Bertz CT molecular complexity index is 7290. The highest BCUT2D eigenvalue weighted by Gasteiger charge is 2.48. The summed E-state index contributed by atoms with van der Waals surface area (Å²) in [5, 5.41) is 18.1. The van der Waals surface area contributed by atoms with E-state index in [9.17, 15) is 0 Å². The van der Waals surface area contributed by atoms with Crippen LogP contribution >= 0.6 is 0 Å². The molecule has 1 aliphatic rings. The molecule has 4 nitrogen and oxygen atoms in total. The van der Waals surface area contributed by atoms with E-state index in [2.05, 4.69) is 541 Å². The van der Waals surface area contributed by atoms with E-state index in [-0.39, 0.29) is 0 Å². The average Bonchev–Trinajstić information content (AvgIpc) is 1.55. The van der Waals surface area contributed by atoms with E-state index in [1.807, 2.05) is 0 Å². The second-order valence-corrected chi connectivity index (χ2v) is 34.7. The van der Waals surface area contributed by atoms with E-state index >= 15 is 0 Å². The molecular formula is C129H86N4. The zero-order chi connectivity index (χ0) is 87.9. The Kier molecular flexibility index (Phi) is 19.1. The van der Waals surface area contributed by atoms with Gasteiger partial charge >= 0.3 is 0 Å². The molecule has 622 valence electrons. The van der Waals surface area contributed by atoms with Crippen molar-refractivity contribution >= 4 is 154 Å². The Hall–Kier alpha value is -17.4. The third kappa shape index (κ3) is 12.8. The first-order chi connectivity index (χ1) is 66.1. The van der Waals surface area contributed by atoms with Gasteiger partial charge in [-0.25, -0.2) is 0 Å². The Balaban J connectivity index is 0.857. The van der Waals surface area contributed by atoms with Gasteiger partial charge in [0, 0.05) is 88.6 Å². The maximum Gasteiger partial charge on any atom is 0.0714 e. The maximum atomic E-state index is 2.63. The summed E-state index contributed by atoms with van der Waals surface area (Å²) in [4.78, 5) is 9.89. The Labute approximate surface area is 773 Å². The van der Waals surface area contributed by atoms with Crippen LogP contribution in [-0.2, 0) is 5.41 Å². The minimum atomic E-state index is -1.10. The van der Waals surface area contributed by atoms with Crippen LogP contribution in [0.2, 0.25) is 0 Å². The molecule has 0 saturated carbocycles. The molecule has 4 heteroatoms. The van der Waals surface area contributed by atoms with Crippen molar-refractivity contribution in [2.24, 2.45) is 0 Å². The van der Waals surface area contributed by atoms with Crippen LogP contribution in [0.4, 0.5) is 68.2 Å². The first-order valence-electron chi connectivity index (χ1n) is 46.0. The average molecular weight is 1690 g/mol. The van der Waals surface area contributed by atoms with Crippen LogP contribution < -0.4 is 19.6 Å². The maximum absolute atomic E-state index is 2.63. The molecule has 0 heterocycles. The first kappa shape index (κ1) is 77.9. The number of para-hydroxylation sites is 8. The molecule has 25 rings (SSSR count). The van der Waals surface area contributed by atoms with Crippen molar-refractivity contribution in [3.05, 3.63) is 544 Å². The highest BCUT2D eigenvalue weighted by Crippen LogP contribution is 2.62. The number of fused-ring (bicyclic) bond motifs is 11. The Morgan fingerprint density at radius 3 is 0.444 bits per heavy atom. The van der Waals surface area contributed by atoms with Crippen molar-refractivity contribution < 1.29 is 0 Å². The van der Waals surface area contributed by atoms with Crippen LogP contribution in [0.25, 0.3) is 142 Å². The van der Waals surface area contributed by atoms with Gasteiger partial charge in [-0.1, -0.05) is 388 Å². The molecular weight excluding hydrogens is 1610 g/mol. The van der Waals surface area contributed by atoms with Crippen LogP contribution in [0.3, 0.4) is 0 Å². The highest BCUT2D eigenvalue weighted by atomic mass is 15.2. The summed E-state index contributed by atoms with van der Waals surface area (Å²) in [5.74, 6) is 0. The predicted octanol–water partition coefficient (Wildman–Crippen LogP) is 35.8. The lowest BCUT2D eigenvalue weighted by atomic mass is 9.65. The summed E-state index contributed by atoms with van der Waals surface area (Å²) in [5.41, 5.74) is 27.8.